The summed E-state index contributed by atoms with van der Waals surface area (Å²) < 4.78 is 5.55. The Morgan fingerprint density at radius 2 is 1.97 bits per heavy atom. The Morgan fingerprint density at radius 3 is 2.59 bits per heavy atom. The first-order valence-corrected chi connectivity index (χ1v) is 11.6. The van der Waals surface area contributed by atoms with Gasteiger partial charge in [0.25, 0.3) is 0 Å². The summed E-state index contributed by atoms with van der Waals surface area (Å²) in [5.41, 5.74) is 3.03. The molecule has 0 amide bonds. The summed E-state index contributed by atoms with van der Waals surface area (Å²) in [6.07, 6.45) is 1.05. The zero-order chi connectivity index (χ0) is 20.7. The number of aryl methyl sites for hydroxylation is 1. The third-order valence-electron chi connectivity index (χ3n) is 5.38. The molecule has 0 fully saturated rings. The summed E-state index contributed by atoms with van der Waals surface area (Å²) in [5.74, 6) is -0.388. The highest BCUT2D eigenvalue weighted by Gasteiger charge is 2.42. The summed E-state index contributed by atoms with van der Waals surface area (Å²) in [6, 6.07) is 8.22. The van der Waals surface area contributed by atoms with Crippen LogP contribution in [-0.2, 0) is 14.3 Å². The number of thiophene rings is 2. The highest BCUT2D eigenvalue weighted by atomic mass is 32.1. The molecule has 0 saturated carbocycles. The second-order valence-electron chi connectivity index (χ2n) is 7.94. The number of nitrogens with one attached hydrogen (secondary N) is 1. The van der Waals surface area contributed by atoms with Crippen LogP contribution in [0.3, 0.4) is 0 Å². The zero-order valence-corrected chi connectivity index (χ0v) is 18.7. The van der Waals surface area contributed by atoms with Gasteiger partial charge in [-0.05, 0) is 57.7 Å². The second kappa shape index (κ2) is 7.92. The summed E-state index contributed by atoms with van der Waals surface area (Å²) in [5, 5.41) is 5.45. The number of rotatable bonds is 4. The van der Waals surface area contributed by atoms with E-state index in [4.69, 9.17) is 4.74 Å². The van der Waals surface area contributed by atoms with E-state index in [0.717, 1.165) is 33.1 Å². The summed E-state index contributed by atoms with van der Waals surface area (Å²) in [7, 11) is 0. The SMILES string of the molecule is CC1=C(C(=O)OC(C)C)[C@@H](c2ccc(C)s2)C2=C(C[C@H](c3cccs3)CC2=O)N1. The molecule has 6 heteroatoms. The minimum absolute atomic E-state index is 0.121. The first kappa shape index (κ1) is 20.1. The van der Waals surface area contributed by atoms with Crippen LogP contribution in [0.1, 0.15) is 60.1 Å². The molecule has 152 valence electrons. The van der Waals surface area contributed by atoms with E-state index in [-0.39, 0.29) is 29.7 Å². The van der Waals surface area contributed by atoms with Crippen molar-refractivity contribution in [3.8, 4) is 0 Å². The number of carbonyl (C=O) groups is 2. The molecule has 1 aliphatic heterocycles. The van der Waals surface area contributed by atoms with E-state index in [1.807, 2.05) is 45.9 Å². The Bertz CT molecular complexity index is 1010. The molecule has 0 saturated heterocycles. The van der Waals surface area contributed by atoms with Crippen molar-refractivity contribution < 1.29 is 14.3 Å². The maximum absolute atomic E-state index is 13.4. The van der Waals surface area contributed by atoms with Gasteiger partial charge in [-0.25, -0.2) is 4.79 Å². The largest absolute Gasteiger partial charge is 0.460 e. The highest BCUT2D eigenvalue weighted by molar-refractivity contribution is 7.12. The average Bonchev–Trinajstić information content (AvgIpc) is 3.31. The van der Waals surface area contributed by atoms with Crippen LogP contribution in [0.4, 0.5) is 0 Å². The lowest BCUT2D eigenvalue weighted by Gasteiger charge is -2.36. The number of allylic oxidation sites excluding steroid dienone is 3. The molecule has 0 spiro atoms. The van der Waals surface area contributed by atoms with Gasteiger partial charge in [0, 0.05) is 43.9 Å². The molecule has 4 rings (SSSR count). The fraction of sp³-hybridized carbons (Fsp3) is 0.391. The van der Waals surface area contributed by atoms with Crippen LogP contribution in [0.5, 0.6) is 0 Å². The Hall–Kier alpha value is -2.18. The molecule has 29 heavy (non-hydrogen) atoms. The van der Waals surface area contributed by atoms with Gasteiger partial charge >= 0.3 is 5.97 Å². The molecule has 4 nitrogen and oxygen atoms in total. The smallest absolute Gasteiger partial charge is 0.337 e. The van der Waals surface area contributed by atoms with Crippen LogP contribution < -0.4 is 5.32 Å². The van der Waals surface area contributed by atoms with Gasteiger partial charge in [0.1, 0.15) is 0 Å². The van der Waals surface area contributed by atoms with Crippen molar-refractivity contribution in [3.05, 3.63) is 66.8 Å². The molecule has 0 unspecified atom stereocenters. The van der Waals surface area contributed by atoms with Crippen molar-refractivity contribution in [3.63, 3.8) is 0 Å². The van der Waals surface area contributed by atoms with Gasteiger partial charge in [0.2, 0.25) is 0 Å². The minimum atomic E-state index is -0.354. The number of dihydropyridines is 1. The van der Waals surface area contributed by atoms with Crippen LogP contribution in [0.15, 0.2) is 52.2 Å². The maximum atomic E-state index is 13.4. The van der Waals surface area contributed by atoms with Gasteiger partial charge in [-0.1, -0.05) is 6.07 Å². The van der Waals surface area contributed by atoms with Crippen molar-refractivity contribution in [1.29, 1.82) is 0 Å². The van der Waals surface area contributed by atoms with Crippen LogP contribution in [-0.4, -0.2) is 17.9 Å². The number of Topliss-reactive ketones (excluding diaryl/α,β-unsaturated/α-hetero) is 1. The lowest BCUT2D eigenvalue weighted by Crippen LogP contribution is -2.36. The predicted molar refractivity (Wildman–Crippen MR) is 117 cm³/mol. The molecule has 2 atom stereocenters. The molecule has 2 aromatic rings. The van der Waals surface area contributed by atoms with Gasteiger partial charge in [-0.2, -0.15) is 0 Å². The van der Waals surface area contributed by atoms with E-state index in [2.05, 4.69) is 16.8 Å². The van der Waals surface area contributed by atoms with E-state index in [0.29, 0.717) is 12.0 Å². The monoisotopic (exact) mass is 427 g/mol. The van der Waals surface area contributed by atoms with Crippen LogP contribution in [0.2, 0.25) is 0 Å². The summed E-state index contributed by atoms with van der Waals surface area (Å²) in [6.45, 7) is 7.64. The Kier molecular flexibility index (Phi) is 5.49. The first-order chi connectivity index (χ1) is 13.8. The van der Waals surface area contributed by atoms with Crippen LogP contribution in [0.25, 0.3) is 0 Å². The van der Waals surface area contributed by atoms with Gasteiger partial charge in [-0.15, -0.1) is 22.7 Å². The molecule has 1 aliphatic carbocycles. The predicted octanol–water partition coefficient (Wildman–Crippen LogP) is 5.43. The molecular weight excluding hydrogens is 402 g/mol. The normalized spacial score (nSPS) is 22.0. The molecular formula is C23H25NO3S2. The molecule has 0 bridgehead atoms. The summed E-state index contributed by atoms with van der Waals surface area (Å²) in [4.78, 5) is 29.8. The number of ketones is 1. The quantitative estimate of drug-likeness (QED) is 0.661. The maximum Gasteiger partial charge on any atom is 0.337 e. The van der Waals surface area contributed by atoms with Gasteiger partial charge in [-0.3, -0.25) is 4.79 Å². The number of esters is 1. The van der Waals surface area contributed by atoms with E-state index in [1.54, 1.807) is 22.7 Å². The van der Waals surface area contributed by atoms with E-state index >= 15 is 0 Å². The van der Waals surface area contributed by atoms with Crippen LogP contribution in [0, 0.1) is 6.92 Å². The van der Waals surface area contributed by atoms with E-state index in [9.17, 15) is 9.59 Å². The molecule has 2 aliphatic rings. The lowest BCUT2D eigenvalue weighted by molar-refractivity contribution is -0.143. The summed E-state index contributed by atoms with van der Waals surface area (Å²) >= 11 is 3.34. The Labute approximate surface area is 179 Å². The number of hydrogen-bond donors (Lipinski definition) is 1. The van der Waals surface area contributed by atoms with Gasteiger partial charge in [0.05, 0.1) is 17.6 Å². The van der Waals surface area contributed by atoms with Crippen LogP contribution >= 0.6 is 22.7 Å². The van der Waals surface area contributed by atoms with Crippen molar-refractivity contribution >= 4 is 34.4 Å². The van der Waals surface area contributed by atoms with E-state index in [1.165, 1.54) is 4.88 Å². The number of carbonyl (C=O) groups excluding carboxylic acids is 2. The van der Waals surface area contributed by atoms with Crippen molar-refractivity contribution in [2.24, 2.45) is 0 Å². The zero-order valence-electron chi connectivity index (χ0n) is 17.1. The van der Waals surface area contributed by atoms with Gasteiger partial charge in [0.15, 0.2) is 5.78 Å². The topological polar surface area (TPSA) is 55.4 Å². The third kappa shape index (κ3) is 3.83. The fourth-order valence-corrected chi connectivity index (χ4v) is 6.03. The molecule has 0 radical (unpaired) electrons. The Morgan fingerprint density at radius 1 is 1.17 bits per heavy atom. The van der Waals surface area contributed by atoms with Crippen molar-refractivity contribution in [1.82, 2.24) is 5.32 Å². The first-order valence-electron chi connectivity index (χ1n) is 9.90. The molecule has 0 aromatic carbocycles. The molecule has 1 N–H and O–H groups in total. The Balaban J connectivity index is 1.79. The third-order valence-corrected chi connectivity index (χ3v) is 7.48. The fourth-order valence-electron chi connectivity index (χ4n) is 4.21. The van der Waals surface area contributed by atoms with Crippen molar-refractivity contribution in [2.45, 2.75) is 58.5 Å². The number of ether oxygens (including phenoxy) is 1. The lowest BCUT2D eigenvalue weighted by atomic mass is 9.74. The molecule has 3 heterocycles. The van der Waals surface area contributed by atoms with Gasteiger partial charge < -0.3 is 10.1 Å². The minimum Gasteiger partial charge on any atom is -0.460 e. The highest BCUT2D eigenvalue weighted by Crippen LogP contribution is 2.47. The van der Waals surface area contributed by atoms with E-state index < -0.39 is 0 Å². The van der Waals surface area contributed by atoms with Crippen molar-refractivity contribution in [2.75, 3.05) is 0 Å². The average molecular weight is 428 g/mol. The molecule has 2 aromatic heterocycles. The second-order valence-corrected chi connectivity index (χ2v) is 10.2. The number of hydrogen-bond acceptors (Lipinski definition) is 6. The standard InChI is InChI=1S/C23H25NO3S2/c1-12(2)27-23(26)20-14(4)24-16-10-15(18-6-5-9-28-18)11-17(25)21(16)22(20)19-8-7-13(3)29-19/h5-9,12,15,22,24H,10-11H2,1-4H3/t15-,22+/m0/s1.